The van der Waals surface area contributed by atoms with Crippen LogP contribution in [0.4, 0.5) is 17.1 Å². The van der Waals surface area contributed by atoms with E-state index >= 15 is 0 Å². The Balaban J connectivity index is 0.983. The zero-order valence-electron chi connectivity index (χ0n) is 34.0. The topological polar surface area (TPSA) is 3.24 Å². The summed E-state index contributed by atoms with van der Waals surface area (Å²) in [7, 11) is 0. The first-order valence-electron chi connectivity index (χ1n) is 20.8. The van der Waals surface area contributed by atoms with E-state index in [9.17, 15) is 0 Å². The van der Waals surface area contributed by atoms with Crippen LogP contribution in [0.1, 0.15) is 30.5 Å². The van der Waals surface area contributed by atoms with Crippen LogP contribution >= 0.6 is 11.3 Å². The second kappa shape index (κ2) is 14.4. The Hall–Kier alpha value is -7.00. The molecule has 0 spiro atoms. The predicted octanol–water partition coefficient (Wildman–Crippen LogP) is 16.8. The number of hydrogen-bond acceptors (Lipinski definition) is 2. The van der Waals surface area contributed by atoms with Gasteiger partial charge in [-0.15, -0.1) is 11.3 Å². The Labute approximate surface area is 356 Å². The summed E-state index contributed by atoms with van der Waals surface area (Å²) < 4.78 is 2.66. The number of rotatable bonds is 7. The highest BCUT2D eigenvalue weighted by atomic mass is 32.1. The molecule has 1 aliphatic rings. The van der Waals surface area contributed by atoms with E-state index in [1.54, 1.807) is 0 Å². The van der Waals surface area contributed by atoms with E-state index in [2.05, 4.69) is 232 Å². The Morgan fingerprint density at radius 1 is 0.367 bits per heavy atom. The maximum Gasteiger partial charge on any atom is 0.0465 e. The first-order valence-corrected chi connectivity index (χ1v) is 21.6. The summed E-state index contributed by atoms with van der Waals surface area (Å²) in [4.78, 5) is 2.42. The molecule has 9 aromatic carbocycles. The second-order valence-corrected chi connectivity index (χ2v) is 17.7. The zero-order chi connectivity index (χ0) is 40.4. The quantitative estimate of drug-likeness (QED) is 0.156. The molecule has 0 saturated carbocycles. The average Bonchev–Trinajstić information content (AvgIpc) is 3.79. The molecular formula is C58H43NS. The van der Waals surface area contributed by atoms with Crippen LogP contribution in [0, 0.1) is 6.92 Å². The smallest absolute Gasteiger partial charge is 0.0465 e. The van der Waals surface area contributed by atoms with Gasteiger partial charge in [-0.25, -0.2) is 0 Å². The number of thiophene rings is 1. The van der Waals surface area contributed by atoms with Crippen molar-refractivity contribution in [1.29, 1.82) is 0 Å². The number of nitrogens with zero attached hydrogens (tertiary/aromatic N) is 1. The molecule has 0 amide bonds. The van der Waals surface area contributed by atoms with Gasteiger partial charge in [0.15, 0.2) is 0 Å². The minimum absolute atomic E-state index is 0.168. The molecule has 1 heterocycles. The van der Waals surface area contributed by atoms with Gasteiger partial charge in [-0.1, -0.05) is 177 Å². The monoisotopic (exact) mass is 785 g/mol. The fourth-order valence-electron chi connectivity index (χ4n) is 9.29. The summed E-state index contributed by atoms with van der Waals surface area (Å²) in [6.45, 7) is 6.89. The van der Waals surface area contributed by atoms with E-state index in [0.29, 0.717) is 0 Å². The molecule has 0 N–H and O–H groups in total. The number of hydrogen-bond donors (Lipinski definition) is 0. The summed E-state index contributed by atoms with van der Waals surface area (Å²) in [5.74, 6) is 0. The van der Waals surface area contributed by atoms with Crippen molar-refractivity contribution < 1.29 is 0 Å². The van der Waals surface area contributed by atoms with Gasteiger partial charge in [-0.05, 0) is 122 Å². The third kappa shape index (κ3) is 6.15. The third-order valence-electron chi connectivity index (χ3n) is 12.6. The molecule has 0 bridgehead atoms. The number of aryl methyl sites for hydroxylation is 1. The second-order valence-electron chi connectivity index (χ2n) is 16.6. The van der Waals surface area contributed by atoms with Crippen LogP contribution in [0.3, 0.4) is 0 Å². The van der Waals surface area contributed by atoms with Crippen molar-refractivity contribution >= 4 is 48.6 Å². The lowest BCUT2D eigenvalue weighted by Crippen LogP contribution is -2.16. The van der Waals surface area contributed by atoms with E-state index in [1.807, 2.05) is 11.3 Å². The normalized spacial score (nSPS) is 12.7. The molecule has 11 rings (SSSR count). The first kappa shape index (κ1) is 36.1. The van der Waals surface area contributed by atoms with Gasteiger partial charge in [0.1, 0.15) is 0 Å². The lowest BCUT2D eigenvalue weighted by Gasteiger charge is -2.28. The van der Waals surface area contributed by atoms with E-state index in [-0.39, 0.29) is 5.41 Å². The molecule has 0 aliphatic heterocycles. The van der Waals surface area contributed by atoms with Crippen molar-refractivity contribution in [1.82, 2.24) is 0 Å². The Bertz CT molecular complexity index is 3190. The molecular weight excluding hydrogens is 743 g/mol. The van der Waals surface area contributed by atoms with Crippen molar-refractivity contribution in [2.75, 3.05) is 4.90 Å². The number of anilines is 3. The first-order chi connectivity index (χ1) is 29.4. The number of benzene rings is 9. The van der Waals surface area contributed by atoms with Crippen LogP contribution in [-0.4, -0.2) is 0 Å². The molecule has 1 aliphatic carbocycles. The Morgan fingerprint density at radius 2 is 0.850 bits per heavy atom. The third-order valence-corrected chi connectivity index (χ3v) is 13.8. The van der Waals surface area contributed by atoms with Crippen molar-refractivity contribution in [2.24, 2.45) is 0 Å². The largest absolute Gasteiger partial charge is 0.310 e. The maximum absolute atomic E-state index is 2.43. The van der Waals surface area contributed by atoms with E-state index in [4.69, 9.17) is 0 Å². The van der Waals surface area contributed by atoms with Gasteiger partial charge in [-0.2, -0.15) is 0 Å². The van der Waals surface area contributed by atoms with Crippen molar-refractivity contribution in [3.05, 3.63) is 223 Å². The van der Waals surface area contributed by atoms with Crippen molar-refractivity contribution in [2.45, 2.75) is 26.2 Å². The summed E-state index contributed by atoms with van der Waals surface area (Å²) in [6.07, 6.45) is 0. The minimum Gasteiger partial charge on any atom is -0.310 e. The van der Waals surface area contributed by atoms with E-state index in [0.717, 1.165) is 17.1 Å². The van der Waals surface area contributed by atoms with Gasteiger partial charge in [0.25, 0.3) is 0 Å². The van der Waals surface area contributed by atoms with Gasteiger partial charge >= 0.3 is 0 Å². The van der Waals surface area contributed by atoms with Crippen LogP contribution in [-0.2, 0) is 5.41 Å². The van der Waals surface area contributed by atoms with E-state index < -0.39 is 0 Å². The molecule has 0 fully saturated rings. The molecule has 286 valence electrons. The van der Waals surface area contributed by atoms with Gasteiger partial charge in [-0.3, -0.25) is 0 Å². The highest BCUT2D eigenvalue weighted by Crippen LogP contribution is 2.52. The average molecular weight is 786 g/mol. The van der Waals surface area contributed by atoms with Crippen LogP contribution in [0.5, 0.6) is 0 Å². The molecule has 0 atom stereocenters. The van der Waals surface area contributed by atoms with Gasteiger partial charge in [0.2, 0.25) is 0 Å². The standard InChI is InChI=1S/C58H43NS/c1-38-16-18-40(19-17-38)41-20-22-42(23-21-41)43-24-29-46(30-25-43)59(47-31-26-44(27-32-47)49-13-9-14-53-52-12-7-8-15-56(52)60-57(49)53)48-33-35-51-50-34-28-45(39-10-5-4-6-11-39)36-54(50)58(2,3)55(51)37-48/h4-37H,1-3H3. The van der Waals surface area contributed by atoms with Gasteiger partial charge < -0.3 is 4.90 Å². The van der Waals surface area contributed by atoms with Crippen LogP contribution < -0.4 is 4.90 Å². The predicted molar refractivity (Wildman–Crippen MR) is 258 cm³/mol. The van der Waals surface area contributed by atoms with E-state index in [1.165, 1.54) is 92.5 Å². The molecule has 10 aromatic rings. The Kier molecular flexibility index (Phi) is 8.65. The molecule has 0 saturated heterocycles. The van der Waals surface area contributed by atoms with Crippen molar-refractivity contribution in [3.63, 3.8) is 0 Å². The highest BCUT2D eigenvalue weighted by molar-refractivity contribution is 7.26. The molecule has 2 heteroatoms. The molecule has 60 heavy (non-hydrogen) atoms. The molecule has 0 radical (unpaired) electrons. The van der Waals surface area contributed by atoms with Crippen LogP contribution in [0.2, 0.25) is 0 Å². The lowest BCUT2D eigenvalue weighted by molar-refractivity contribution is 0.660. The zero-order valence-corrected chi connectivity index (χ0v) is 34.8. The molecule has 1 aromatic heterocycles. The summed E-state index contributed by atoms with van der Waals surface area (Å²) >= 11 is 1.88. The minimum atomic E-state index is -0.168. The summed E-state index contributed by atoms with van der Waals surface area (Å²) in [5, 5.41) is 2.65. The highest BCUT2D eigenvalue weighted by Gasteiger charge is 2.36. The summed E-state index contributed by atoms with van der Waals surface area (Å²) in [6, 6.07) is 76.2. The lowest BCUT2D eigenvalue weighted by atomic mass is 9.81. The van der Waals surface area contributed by atoms with Crippen molar-refractivity contribution in [3.8, 4) is 55.6 Å². The molecule has 1 nitrogen and oxygen atoms in total. The van der Waals surface area contributed by atoms with Crippen LogP contribution in [0.15, 0.2) is 206 Å². The summed E-state index contributed by atoms with van der Waals surface area (Å²) in [5.41, 5.74) is 19.7. The Morgan fingerprint density at radius 3 is 1.52 bits per heavy atom. The van der Waals surface area contributed by atoms with Crippen LogP contribution in [0.25, 0.3) is 75.8 Å². The maximum atomic E-state index is 2.43. The number of fused-ring (bicyclic) bond motifs is 6. The SMILES string of the molecule is Cc1ccc(-c2ccc(-c3ccc(N(c4ccc(-c5cccc6c5sc5ccccc56)cc4)c4ccc5c(c4)C(C)(C)c4cc(-c6ccccc6)ccc4-5)cc3)cc2)cc1. The van der Waals surface area contributed by atoms with Gasteiger partial charge in [0.05, 0.1) is 0 Å². The fraction of sp³-hybridized carbons (Fsp3) is 0.0690. The van der Waals surface area contributed by atoms with Gasteiger partial charge in [0, 0.05) is 42.6 Å². The molecule has 0 unspecified atom stereocenters. The fourth-order valence-corrected chi connectivity index (χ4v) is 10.5.